The van der Waals surface area contributed by atoms with Gasteiger partial charge in [-0.1, -0.05) is 64.4 Å². The van der Waals surface area contributed by atoms with Gasteiger partial charge >= 0.3 is 0 Å². The predicted octanol–water partition coefficient (Wildman–Crippen LogP) is 5.69. The Hall–Kier alpha value is -0.590. The highest BCUT2D eigenvalue weighted by atomic mass is 16.1. The maximum absolute atomic E-state index is 12.1. The summed E-state index contributed by atoms with van der Waals surface area (Å²) in [4.78, 5) is 12.1. The van der Waals surface area contributed by atoms with Crippen LogP contribution in [0.25, 0.3) is 0 Å². The van der Waals surface area contributed by atoms with Crippen molar-refractivity contribution < 1.29 is 4.79 Å². The van der Waals surface area contributed by atoms with Gasteiger partial charge in [-0.3, -0.25) is 4.79 Å². The molecule has 0 fully saturated rings. The molecular weight excluding hydrogens is 220 g/mol. The van der Waals surface area contributed by atoms with E-state index >= 15 is 0 Å². The molecule has 0 saturated carbocycles. The van der Waals surface area contributed by atoms with Crippen molar-refractivity contribution in [3.05, 3.63) is 11.6 Å². The third-order valence-corrected chi connectivity index (χ3v) is 3.40. The van der Waals surface area contributed by atoms with Crippen LogP contribution in [0.5, 0.6) is 0 Å². The summed E-state index contributed by atoms with van der Waals surface area (Å²) in [7, 11) is 0. The Balaban J connectivity index is 4.15. The summed E-state index contributed by atoms with van der Waals surface area (Å²) in [5.74, 6) is 0.644. The molecule has 0 bridgehead atoms. The molecule has 0 aromatic rings. The molecule has 0 N–H and O–H groups in total. The van der Waals surface area contributed by atoms with Crippen LogP contribution in [0.1, 0.15) is 85.5 Å². The third-order valence-electron chi connectivity index (χ3n) is 3.40. The van der Waals surface area contributed by atoms with Gasteiger partial charge in [0.1, 0.15) is 0 Å². The van der Waals surface area contributed by atoms with E-state index in [9.17, 15) is 4.79 Å². The van der Waals surface area contributed by atoms with Gasteiger partial charge in [-0.2, -0.15) is 0 Å². The first-order valence-corrected chi connectivity index (χ1v) is 7.80. The van der Waals surface area contributed by atoms with E-state index in [1.165, 1.54) is 44.9 Å². The van der Waals surface area contributed by atoms with E-state index in [0.717, 1.165) is 18.4 Å². The Morgan fingerprint density at radius 1 is 0.889 bits per heavy atom. The zero-order valence-corrected chi connectivity index (χ0v) is 12.9. The molecule has 0 amide bonds. The summed E-state index contributed by atoms with van der Waals surface area (Å²) in [5.41, 5.74) is 1.13. The monoisotopic (exact) mass is 252 g/mol. The fourth-order valence-corrected chi connectivity index (χ4v) is 2.29. The van der Waals surface area contributed by atoms with Crippen molar-refractivity contribution >= 4 is 5.78 Å². The SMILES string of the molecule is CCCCCCC(CCCCC)C(=O)C=C(C)C. The summed E-state index contributed by atoms with van der Waals surface area (Å²) in [6, 6.07) is 0. The first-order valence-electron chi connectivity index (χ1n) is 7.80. The van der Waals surface area contributed by atoms with Gasteiger partial charge in [0.15, 0.2) is 5.78 Å². The smallest absolute Gasteiger partial charge is 0.158 e. The van der Waals surface area contributed by atoms with E-state index in [4.69, 9.17) is 0 Å². The maximum Gasteiger partial charge on any atom is 0.158 e. The number of allylic oxidation sites excluding steroid dienone is 2. The molecule has 0 spiro atoms. The lowest BCUT2D eigenvalue weighted by Crippen LogP contribution is -2.12. The van der Waals surface area contributed by atoms with Crippen molar-refractivity contribution in [2.75, 3.05) is 0 Å². The van der Waals surface area contributed by atoms with E-state index in [1.54, 1.807) is 0 Å². The quantitative estimate of drug-likeness (QED) is 0.341. The summed E-state index contributed by atoms with van der Waals surface area (Å²) in [5, 5.41) is 0. The molecular formula is C17H32O. The molecule has 0 aliphatic carbocycles. The highest BCUT2D eigenvalue weighted by molar-refractivity contribution is 5.92. The Morgan fingerprint density at radius 3 is 1.89 bits per heavy atom. The zero-order chi connectivity index (χ0) is 13.8. The van der Waals surface area contributed by atoms with Gasteiger partial charge in [0.2, 0.25) is 0 Å². The number of carbonyl (C=O) groups is 1. The van der Waals surface area contributed by atoms with Gasteiger partial charge in [0.05, 0.1) is 0 Å². The van der Waals surface area contributed by atoms with Crippen molar-refractivity contribution in [3.63, 3.8) is 0 Å². The first-order chi connectivity index (χ1) is 8.61. The van der Waals surface area contributed by atoms with Crippen LogP contribution in [-0.2, 0) is 4.79 Å². The van der Waals surface area contributed by atoms with Crippen LogP contribution in [-0.4, -0.2) is 5.78 Å². The molecule has 106 valence electrons. The second-order valence-electron chi connectivity index (χ2n) is 5.67. The zero-order valence-electron chi connectivity index (χ0n) is 12.9. The lowest BCUT2D eigenvalue weighted by molar-refractivity contribution is -0.118. The van der Waals surface area contributed by atoms with Crippen molar-refractivity contribution in [3.8, 4) is 0 Å². The third kappa shape index (κ3) is 9.44. The van der Waals surface area contributed by atoms with Crippen LogP contribution in [0.15, 0.2) is 11.6 Å². The molecule has 0 aromatic heterocycles. The molecule has 0 aliphatic rings. The highest BCUT2D eigenvalue weighted by Gasteiger charge is 2.15. The number of unbranched alkanes of at least 4 members (excludes halogenated alkanes) is 5. The maximum atomic E-state index is 12.1. The molecule has 0 rings (SSSR count). The molecule has 0 aliphatic heterocycles. The molecule has 1 unspecified atom stereocenters. The molecule has 0 heterocycles. The van der Waals surface area contributed by atoms with Gasteiger partial charge in [-0.25, -0.2) is 0 Å². The van der Waals surface area contributed by atoms with E-state index < -0.39 is 0 Å². The molecule has 0 aromatic carbocycles. The Morgan fingerprint density at radius 2 is 1.39 bits per heavy atom. The van der Waals surface area contributed by atoms with Crippen molar-refractivity contribution in [2.24, 2.45) is 5.92 Å². The minimum absolute atomic E-state index is 0.281. The number of rotatable bonds is 11. The molecule has 1 nitrogen and oxygen atoms in total. The van der Waals surface area contributed by atoms with Crippen LogP contribution in [0.3, 0.4) is 0 Å². The summed E-state index contributed by atoms with van der Waals surface area (Å²) >= 11 is 0. The number of carbonyl (C=O) groups excluding carboxylic acids is 1. The van der Waals surface area contributed by atoms with Crippen molar-refractivity contribution in [1.82, 2.24) is 0 Å². The normalized spacial score (nSPS) is 12.2. The molecule has 0 radical (unpaired) electrons. The number of ketones is 1. The van der Waals surface area contributed by atoms with Gasteiger partial charge in [0.25, 0.3) is 0 Å². The summed E-state index contributed by atoms with van der Waals surface area (Å²) in [6.45, 7) is 8.47. The standard InChI is InChI=1S/C17H32O/c1-5-7-9-11-13-16(12-10-8-6-2)17(18)14-15(3)4/h14,16H,5-13H2,1-4H3. The fraction of sp³-hybridized carbons (Fsp3) is 0.824. The molecule has 1 heteroatoms. The van der Waals surface area contributed by atoms with Crippen LogP contribution >= 0.6 is 0 Å². The van der Waals surface area contributed by atoms with Crippen molar-refractivity contribution in [1.29, 1.82) is 0 Å². The second kappa shape index (κ2) is 11.5. The molecule has 0 saturated heterocycles. The van der Waals surface area contributed by atoms with Gasteiger partial charge < -0.3 is 0 Å². The number of hydrogen-bond donors (Lipinski definition) is 0. The number of hydrogen-bond acceptors (Lipinski definition) is 1. The van der Waals surface area contributed by atoms with Crippen molar-refractivity contribution in [2.45, 2.75) is 85.5 Å². The Labute approximate surface area is 114 Å². The van der Waals surface area contributed by atoms with Gasteiger partial charge in [-0.05, 0) is 32.8 Å². The fourth-order valence-electron chi connectivity index (χ4n) is 2.29. The largest absolute Gasteiger partial charge is 0.295 e. The summed E-state index contributed by atoms with van der Waals surface area (Å²) < 4.78 is 0. The Bertz CT molecular complexity index is 236. The van der Waals surface area contributed by atoms with E-state index in [-0.39, 0.29) is 5.92 Å². The van der Waals surface area contributed by atoms with Gasteiger partial charge in [0, 0.05) is 5.92 Å². The van der Waals surface area contributed by atoms with Gasteiger partial charge in [-0.15, -0.1) is 0 Å². The lowest BCUT2D eigenvalue weighted by Gasteiger charge is -2.14. The second-order valence-corrected chi connectivity index (χ2v) is 5.67. The van der Waals surface area contributed by atoms with Crippen LogP contribution in [0, 0.1) is 5.92 Å². The van der Waals surface area contributed by atoms with Crippen LogP contribution in [0.2, 0.25) is 0 Å². The minimum atomic E-state index is 0.281. The molecule has 1 atom stereocenters. The highest BCUT2D eigenvalue weighted by Crippen LogP contribution is 2.20. The average Bonchev–Trinajstić information content (AvgIpc) is 2.31. The lowest BCUT2D eigenvalue weighted by atomic mass is 9.90. The first kappa shape index (κ1) is 17.4. The van der Waals surface area contributed by atoms with Crippen LogP contribution in [0.4, 0.5) is 0 Å². The molecule has 18 heavy (non-hydrogen) atoms. The topological polar surface area (TPSA) is 17.1 Å². The van der Waals surface area contributed by atoms with E-state index in [0.29, 0.717) is 5.78 Å². The summed E-state index contributed by atoms with van der Waals surface area (Å²) in [6.07, 6.45) is 12.8. The van der Waals surface area contributed by atoms with E-state index in [2.05, 4.69) is 13.8 Å². The minimum Gasteiger partial charge on any atom is -0.295 e. The Kier molecular flexibility index (Phi) is 11.1. The van der Waals surface area contributed by atoms with Crippen LogP contribution < -0.4 is 0 Å². The van der Waals surface area contributed by atoms with E-state index in [1.807, 2.05) is 19.9 Å². The predicted molar refractivity (Wildman–Crippen MR) is 80.8 cm³/mol. The average molecular weight is 252 g/mol.